The highest BCUT2D eigenvalue weighted by atomic mass is 32.2. The van der Waals surface area contributed by atoms with Crippen molar-refractivity contribution in [1.82, 2.24) is 9.21 Å². The van der Waals surface area contributed by atoms with Gasteiger partial charge in [0.1, 0.15) is 23.9 Å². The molecule has 0 atom stereocenters. The van der Waals surface area contributed by atoms with Gasteiger partial charge in [0, 0.05) is 24.7 Å². The number of benzene rings is 3. The Labute approximate surface area is 259 Å². The Morgan fingerprint density at radius 3 is 2.18 bits per heavy atom. The maximum atomic E-state index is 12.9. The summed E-state index contributed by atoms with van der Waals surface area (Å²) in [5.74, 6) is 1.11. The summed E-state index contributed by atoms with van der Waals surface area (Å²) in [5, 5.41) is 0. The van der Waals surface area contributed by atoms with E-state index in [0.29, 0.717) is 29.4 Å². The molecule has 1 aliphatic rings. The fraction of sp³-hybridized carbons (Fsp3) is 0.250. The SMILES string of the molecule is COc1ccc(C=CC(=O)C=Cc2ccc(OCCN3CCN(S(=O)(=O)c4ccc(C(F)(F)F)cc4)CC3=O)cc2)c(OC)c1. The summed E-state index contributed by atoms with van der Waals surface area (Å²) in [4.78, 5) is 26.1. The average Bonchev–Trinajstić information content (AvgIpc) is 3.03. The predicted octanol–water partition coefficient (Wildman–Crippen LogP) is 4.93. The number of amides is 1. The molecule has 0 unspecified atom stereocenters. The van der Waals surface area contributed by atoms with Crippen molar-refractivity contribution in [2.75, 3.05) is 47.0 Å². The van der Waals surface area contributed by atoms with Crippen LogP contribution in [0.1, 0.15) is 16.7 Å². The molecule has 1 fully saturated rings. The molecule has 0 bridgehead atoms. The van der Waals surface area contributed by atoms with Crippen LogP contribution in [0.2, 0.25) is 0 Å². The van der Waals surface area contributed by atoms with Crippen LogP contribution in [0.25, 0.3) is 12.2 Å². The second kappa shape index (κ2) is 14.4. The number of sulfonamides is 1. The van der Waals surface area contributed by atoms with E-state index in [4.69, 9.17) is 14.2 Å². The molecule has 0 aliphatic carbocycles. The monoisotopic (exact) mass is 644 g/mol. The first-order chi connectivity index (χ1) is 21.4. The van der Waals surface area contributed by atoms with E-state index >= 15 is 0 Å². The molecule has 0 aromatic heterocycles. The number of halogens is 3. The lowest BCUT2D eigenvalue weighted by Crippen LogP contribution is -2.52. The number of hydrogen-bond acceptors (Lipinski definition) is 7. The first-order valence-corrected chi connectivity index (χ1v) is 15.1. The number of allylic oxidation sites excluding steroid dienone is 2. The molecule has 3 aromatic carbocycles. The van der Waals surface area contributed by atoms with E-state index in [2.05, 4.69) is 0 Å². The summed E-state index contributed by atoms with van der Waals surface area (Å²) in [6.45, 7) is 0.0578. The van der Waals surface area contributed by atoms with Crippen molar-refractivity contribution in [3.05, 3.63) is 95.6 Å². The van der Waals surface area contributed by atoms with Crippen LogP contribution in [0.15, 0.2) is 83.8 Å². The van der Waals surface area contributed by atoms with Gasteiger partial charge in [0.2, 0.25) is 15.9 Å². The van der Waals surface area contributed by atoms with E-state index < -0.39 is 34.2 Å². The minimum Gasteiger partial charge on any atom is -0.497 e. The van der Waals surface area contributed by atoms with E-state index in [0.717, 1.165) is 27.6 Å². The summed E-state index contributed by atoms with van der Waals surface area (Å²) in [5.41, 5.74) is 0.541. The van der Waals surface area contributed by atoms with Crippen LogP contribution in [0.4, 0.5) is 13.2 Å². The van der Waals surface area contributed by atoms with Crippen LogP contribution >= 0.6 is 0 Å². The fourth-order valence-corrected chi connectivity index (χ4v) is 5.78. The molecule has 3 aromatic rings. The highest BCUT2D eigenvalue weighted by molar-refractivity contribution is 7.89. The van der Waals surface area contributed by atoms with E-state index in [1.807, 2.05) is 0 Å². The highest BCUT2D eigenvalue weighted by Gasteiger charge is 2.34. The van der Waals surface area contributed by atoms with E-state index in [1.165, 1.54) is 24.2 Å². The summed E-state index contributed by atoms with van der Waals surface area (Å²) in [6.07, 6.45) is 1.61. The van der Waals surface area contributed by atoms with Crippen molar-refractivity contribution in [2.45, 2.75) is 11.1 Å². The standard InChI is InChI=1S/C32H31F3N2O7S/c1-42-28-14-7-24(30(21-28)43-2)6-11-26(38)10-3-23-4-12-27(13-5-23)44-20-19-36-17-18-37(22-31(36)39)45(40,41)29-15-8-25(9-16-29)32(33,34)35/h3-16,21H,17-20,22H2,1-2H3. The number of carbonyl (C=O) groups is 2. The van der Waals surface area contributed by atoms with Crippen LogP contribution in [0, 0.1) is 0 Å². The van der Waals surface area contributed by atoms with Crippen molar-refractivity contribution in [3.8, 4) is 17.2 Å². The minimum absolute atomic E-state index is 0.00230. The van der Waals surface area contributed by atoms with Crippen molar-refractivity contribution in [3.63, 3.8) is 0 Å². The molecule has 1 amide bonds. The Bertz CT molecular complexity index is 1670. The molecule has 1 saturated heterocycles. The second-order valence-corrected chi connectivity index (χ2v) is 11.8. The molecule has 0 spiro atoms. The Morgan fingerprint density at radius 2 is 1.56 bits per heavy atom. The number of carbonyl (C=O) groups excluding carboxylic acids is 2. The first-order valence-electron chi connectivity index (χ1n) is 13.7. The molecule has 1 heterocycles. The lowest BCUT2D eigenvalue weighted by atomic mass is 10.1. The van der Waals surface area contributed by atoms with Gasteiger partial charge in [0.05, 0.1) is 37.8 Å². The lowest BCUT2D eigenvalue weighted by Gasteiger charge is -2.33. The maximum Gasteiger partial charge on any atom is 0.416 e. The van der Waals surface area contributed by atoms with Gasteiger partial charge in [-0.3, -0.25) is 9.59 Å². The van der Waals surface area contributed by atoms with E-state index in [9.17, 15) is 31.2 Å². The fourth-order valence-electron chi connectivity index (χ4n) is 4.40. The van der Waals surface area contributed by atoms with Crippen LogP contribution in [-0.4, -0.2) is 76.3 Å². The van der Waals surface area contributed by atoms with E-state index in [1.54, 1.807) is 61.7 Å². The summed E-state index contributed by atoms with van der Waals surface area (Å²) < 4.78 is 81.3. The molecular formula is C32H31F3N2O7S. The van der Waals surface area contributed by atoms with Crippen LogP contribution in [0.3, 0.4) is 0 Å². The number of hydrogen-bond donors (Lipinski definition) is 0. The lowest BCUT2D eigenvalue weighted by molar-refractivity contribution is -0.137. The van der Waals surface area contributed by atoms with Gasteiger partial charge in [-0.05, 0) is 72.3 Å². The molecule has 4 rings (SSSR count). The van der Waals surface area contributed by atoms with Crippen molar-refractivity contribution in [2.24, 2.45) is 0 Å². The minimum atomic E-state index is -4.59. The van der Waals surface area contributed by atoms with Gasteiger partial charge in [-0.1, -0.05) is 18.2 Å². The molecule has 13 heteroatoms. The van der Waals surface area contributed by atoms with Crippen molar-refractivity contribution < 1.29 is 45.4 Å². The van der Waals surface area contributed by atoms with Gasteiger partial charge in [-0.2, -0.15) is 17.5 Å². The molecule has 45 heavy (non-hydrogen) atoms. The van der Waals surface area contributed by atoms with Crippen molar-refractivity contribution >= 4 is 33.9 Å². The summed E-state index contributed by atoms with van der Waals surface area (Å²) >= 11 is 0. The number of rotatable bonds is 12. The zero-order valence-electron chi connectivity index (χ0n) is 24.5. The third-order valence-electron chi connectivity index (χ3n) is 6.92. The number of methoxy groups -OCH3 is 2. The molecule has 238 valence electrons. The predicted molar refractivity (Wildman–Crippen MR) is 161 cm³/mol. The zero-order valence-corrected chi connectivity index (χ0v) is 25.3. The maximum absolute atomic E-state index is 12.9. The Hall–Kier alpha value is -4.62. The number of ether oxygens (including phenoxy) is 3. The normalized spacial score (nSPS) is 14.7. The Kier molecular flexibility index (Phi) is 10.7. The topological polar surface area (TPSA) is 102 Å². The smallest absolute Gasteiger partial charge is 0.416 e. The molecule has 0 N–H and O–H groups in total. The van der Waals surface area contributed by atoms with Crippen LogP contribution in [0.5, 0.6) is 17.2 Å². The second-order valence-electron chi connectivity index (χ2n) is 9.84. The number of alkyl halides is 3. The zero-order chi connectivity index (χ0) is 32.6. The quantitative estimate of drug-likeness (QED) is 0.258. The Balaban J connectivity index is 1.23. The van der Waals surface area contributed by atoms with Gasteiger partial charge in [0.15, 0.2) is 5.78 Å². The molecule has 9 nitrogen and oxygen atoms in total. The van der Waals surface area contributed by atoms with Gasteiger partial charge in [-0.15, -0.1) is 0 Å². The van der Waals surface area contributed by atoms with Gasteiger partial charge in [0.25, 0.3) is 0 Å². The van der Waals surface area contributed by atoms with Gasteiger partial charge < -0.3 is 19.1 Å². The highest BCUT2D eigenvalue weighted by Crippen LogP contribution is 2.30. The van der Waals surface area contributed by atoms with Crippen LogP contribution < -0.4 is 14.2 Å². The van der Waals surface area contributed by atoms with Gasteiger partial charge >= 0.3 is 6.18 Å². The Morgan fingerprint density at radius 1 is 0.889 bits per heavy atom. The summed E-state index contributed by atoms with van der Waals surface area (Å²) in [6, 6.07) is 15.4. The van der Waals surface area contributed by atoms with Crippen LogP contribution in [-0.2, 0) is 25.8 Å². The number of nitrogens with zero attached hydrogens (tertiary/aromatic N) is 2. The summed E-state index contributed by atoms with van der Waals surface area (Å²) in [7, 11) is -1.04. The molecular weight excluding hydrogens is 613 g/mol. The number of piperazine rings is 1. The molecule has 0 saturated carbocycles. The van der Waals surface area contributed by atoms with Crippen molar-refractivity contribution in [1.29, 1.82) is 0 Å². The largest absolute Gasteiger partial charge is 0.497 e. The van der Waals surface area contributed by atoms with Gasteiger partial charge in [-0.25, -0.2) is 8.42 Å². The molecule has 0 radical (unpaired) electrons. The first kappa shape index (κ1) is 33.3. The third kappa shape index (κ3) is 8.73. The average molecular weight is 645 g/mol. The number of ketones is 1. The molecule has 1 aliphatic heterocycles. The van der Waals surface area contributed by atoms with E-state index in [-0.39, 0.29) is 36.9 Å². The third-order valence-corrected chi connectivity index (χ3v) is 8.78.